The highest BCUT2D eigenvalue weighted by Gasteiger charge is 2.30. The van der Waals surface area contributed by atoms with E-state index in [-0.39, 0.29) is 42.2 Å². The molecule has 0 unspecified atom stereocenters. The fourth-order valence-corrected chi connectivity index (χ4v) is 2.59. The molecular weight excluding hydrogens is 502 g/mol. The van der Waals surface area contributed by atoms with Gasteiger partial charge in [-0.25, -0.2) is 4.99 Å². The predicted molar refractivity (Wildman–Crippen MR) is 114 cm³/mol. The molecule has 1 aromatic carbocycles. The van der Waals surface area contributed by atoms with Gasteiger partial charge in [-0.15, -0.1) is 37.1 Å². The highest BCUT2D eigenvalue weighted by molar-refractivity contribution is 14.0. The molecule has 1 heterocycles. The number of aliphatic imine (C=N–C) groups is 1. The minimum Gasteiger partial charge on any atom is -0.406 e. The Kier molecular flexibility index (Phi) is 9.70. The summed E-state index contributed by atoms with van der Waals surface area (Å²) in [6, 6.07) is 5.49. The second-order valence-electron chi connectivity index (χ2n) is 6.11. The Bertz CT molecular complexity index is 807. The van der Waals surface area contributed by atoms with Crippen LogP contribution in [-0.4, -0.2) is 35.8 Å². The van der Waals surface area contributed by atoms with Gasteiger partial charge in [0.05, 0.1) is 25.4 Å². The first-order valence-electron chi connectivity index (χ1n) is 8.60. The van der Waals surface area contributed by atoms with E-state index in [2.05, 4.69) is 20.1 Å². The number of aryl methyl sites for hydroxylation is 1. The molecule has 0 saturated carbocycles. The first-order valence-corrected chi connectivity index (χ1v) is 8.60. The summed E-state index contributed by atoms with van der Waals surface area (Å²) in [5.74, 6) is -0.0400. The lowest BCUT2D eigenvalue weighted by atomic mass is 10.2. The SMILES string of the molecule is COCCn1nc(C)c(CNC(N)=NCc2ccc(OC(F)(F)F)cc2)c1C.I. The van der Waals surface area contributed by atoms with Crippen molar-refractivity contribution in [2.45, 2.75) is 39.8 Å². The van der Waals surface area contributed by atoms with E-state index in [0.717, 1.165) is 17.0 Å². The summed E-state index contributed by atoms with van der Waals surface area (Å²) in [6.07, 6.45) is -4.71. The molecule has 3 N–H and O–H groups in total. The number of hydrogen-bond acceptors (Lipinski definition) is 4. The molecule has 7 nitrogen and oxygen atoms in total. The van der Waals surface area contributed by atoms with Crippen LogP contribution < -0.4 is 15.8 Å². The van der Waals surface area contributed by atoms with Crippen molar-refractivity contribution in [1.29, 1.82) is 0 Å². The molecule has 162 valence electrons. The van der Waals surface area contributed by atoms with E-state index in [4.69, 9.17) is 10.5 Å². The number of benzene rings is 1. The number of aromatic nitrogens is 2. The van der Waals surface area contributed by atoms with E-state index < -0.39 is 6.36 Å². The fourth-order valence-electron chi connectivity index (χ4n) is 2.59. The van der Waals surface area contributed by atoms with Crippen molar-refractivity contribution in [3.63, 3.8) is 0 Å². The number of nitrogens with one attached hydrogen (secondary N) is 1. The lowest BCUT2D eigenvalue weighted by Gasteiger charge is -2.09. The molecule has 29 heavy (non-hydrogen) atoms. The van der Waals surface area contributed by atoms with E-state index in [1.807, 2.05) is 18.5 Å². The van der Waals surface area contributed by atoms with Gasteiger partial charge in [0, 0.05) is 24.9 Å². The van der Waals surface area contributed by atoms with Crippen molar-refractivity contribution in [2.75, 3.05) is 13.7 Å². The standard InChI is InChI=1S/C18H24F3N5O2.HI/c1-12-16(13(2)26(25-12)8-9-27-3)11-24-17(22)23-10-14-4-6-15(7-5-14)28-18(19,20)21;/h4-7H,8-11H2,1-3H3,(H3,22,23,24);1H. The number of ether oxygens (including phenoxy) is 2. The van der Waals surface area contributed by atoms with Gasteiger partial charge in [0.25, 0.3) is 0 Å². The molecule has 0 aliphatic carbocycles. The number of hydrogen-bond donors (Lipinski definition) is 2. The molecule has 0 aliphatic heterocycles. The molecule has 0 spiro atoms. The molecule has 0 atom stereocenters. The van der Waals surface area contributed by atoms with Gasteiger partial charge in [0.2, 0.25) is 0 Å². The zero-order valence-electron chi connectivity index (χ0n) is 16.4. The van der Waals surface area contributed by atoms with Crippen LogP contribution in [-0.2, 0) is 24.4 Å². The number of nitrogens with two attached hydrogens (primary N) is 1. The monoisotopic (exact) mass is 527 g/mol. The highest BCUT2D eigenvalue weighted by Crippen LogP contribution is 2.22. The van der Waals surface area contributed by atoms with Crippen LogP contribution in [0.2, 0.25) is 0 Å². The van der Waals surface area contributed by atoms with E-state index in [9.17, 15) is 13.2 Å². The summed E-state index contributed by atoms with van der Waals surface area (Å²) in [5.41, 5.74) is 9.55. The van der Waals surface area contributed by atoms with Crippen LogP contribution in [0.3, 0.4) is 0 Å². The number of halogens is 4. The third kappa shape index (κ3) is 8.09. The zero-order chi connectivity index (χ0) is 20.7. The Morgan fingerprint density at radius 2 is 1.90 bits per heavy atom. The maximum atomic E-state index is 12.2. The number of nitrogens with zero attached hydrogens (tertiary/aromatic N) is 3. The molecule has 0 saturated heterocycles. The molecule has 2 rings (SSSR count). The number of alkyl halides is 3. The molecule has 0 aliphatic rings. The summed E-state index contributed by atoms with van der Waals surface area (Å²) < 4.78 is 47.3. The van der Waals surface area contributed by atoms with Gasteiger partial charge < -0.3 is 20.5 Å². The highest BCUT2D eigenvalue weighted by atomic mass is 127. The van der Waals surface area contributed by atoms with Crippen LogP contribution in [0.25, 0.3) is 0 Å². The van der Waals surface area contributed by atoms with E-state index in [1.54, 1.807) is 7.11 Å². The van der Waals surface area contributed by atoms with Crippen LogP contribution in [0, 0.1) is 13.8 Å². The Balaban J connectivity index is 0.00000420. The van der Waals surface area contributed by atoms with Crippen LogP contribution in [0.1, 0.15) is 22.5 Å². The molecular formula is C18H25F3IN5O2. The van der Waals surface area contributed by atoms with Gasteiger partial charge >= 0.3 is 6.36 Å². The lowest BCUT2D eigenvalue weighted by molar-refractivity contribution is -0.274. The zero-order valence-corrected chi connectivity index (χ0v) is 18.7. The number of guanidine groups is 1. The molecule has 0 radical (unpaired) electrons. The van der Waals surface area contributed by atoms with Crippen LogP contribution in [0.4, 0.5) is 13.2 Å². The van der Waals surface area contributed by atoms with Gasteiger partial charge in [-0.2, -0.15) is 5.10 Å². The number of rotatable bonds is 8. The molecule has 1 aromatic heterocycles. The van der Waals surface area contributed by atoms with Gasteiger partial charge in [-0.1, -0.05) is 12.1 Å². The van der Waals surface area contributed by atoms with Gasteiger partial charge in [0.15, 0.2) is 5.96 Å². The van der Waals surface area contributed by atoms with E-state index in [1.165, 1.54) is 24.3 Å². The van der Waals surface area contributed by atoms with Crippen LogP contribution >= 0.6 is 24.0 Å². The van der Waals surface area contributed by atoms with Gasteiger partial charge in [-0.3, -0.25) is 4.68 Å². The number of methoxy groups -OCH3 is 1. The second kappa shape index (κ2) is 11.2. The van der Waals surface area contributed by atoms with Crippen molar-refractivity contribution in [3.05, 3.63) is 46.8 Å². The summed E-state index contributed by atoms with van der Waals surface area (Å²) in [6.45, 7) is 5.84. The topological polar surface area (TPSA) is 86.7 Å². The first kappa shape index (κ1) is 25.0. The molecule has 0 amide bonds. The molecule has 2 aromatic rings. The predicted octanol–water partition coefficient (Wildman–Crippen LogP) is 3.27. The van der Waals surface area contributed by atoms with Crippen molar-refractivity contribution in [2.24, 2.45) is 10.7 Å². The summed E-state index contributed by atoms with van der Waals surface area (Å²) in [5, 5.41) is 7.51. The average molecular weight is 527 g/mol. The van der Waals surface area contributed by atoms with Gasteiger partial charge in [0.1, 0.15) is 5.75 Å². The lowest BCUT2D eigenvalue weighted by Crippen LogP contribution is -2.31. The largest absolute Gasteiger partial charge is 0.573 e. The van der Waals surface area contributed by atoms with E-state index in [0.29, 0.717) is 25.3 Å². The van der Waals surface area contributed by atoms with E-state index >= 15 is 0 Å². The Labute approximate surface area is 184 Å². The quantitative estimate of drug-likeness (QED) is 0.313. The minimum atomic E-state index is -4.71. The van der Waals surface area contributed by atoms with Crippen molar-refractivity contribution in [3.8, 4) is 5.75 Å². The summed E-state index contributed by atoms with van der Waals surface area (Å²) in [4.78, 5) is 4.20. The molecule has 11 heteroatoms. The van der Waals surface area contributed by atoms with Gasteiger partial charge in [-0.05, 0) is 31.5 Å². The Morgan fingerprint density at radius 3 is 2.48 bits per heavy atom. The van der Waals surface area contributed by atoms with Crippen LogP contribution in [0.5, 0.6) is 5.75 Å². The summed E-state index contributed by atoms with van der Waals surface area (Å²) >= 11 is 0. The fraction of sp³-hybridized carbons (Fsp3) is 0.444. The molecule has 0 bridgehead atoms. The van der Waals surface area contributed by atoms with Crippen molar-refractivity contribution < 1.29 is 22.6 Å². The first-order chi connectivity index (χ1) is 13.2. The maximum Gasteiger partial charge on any atom is 0.573 e. The Morgan fingerprint density at radius 1 is 1.24 bits per heavy atom. The van der Waals surface area contributed by atoms with Crippen molar-refractivity contribution >= 4 is 29.9 Å². The third-order valence-electron chi connectivity index (χ3n) is 4.07. The minimum absolute atomic E-state index is 0. The van der Waals surface area contributed by atoms with Crippen molar-refractivity contribution in [1.82, 2.24) is 15.1 Å². The smallest absolute Gasteiger partial charge is 0.406 e. The molecule has 0 fully saturated rings. The Hall–Kier alpha value is -2.02. The third-order valence-corrected chi connectivity index (χ3v) is 4.07. The van der Waals surface area contributed by atoms with Crippen LogP contribution in [0.15, 0.2) is 29.3 Å². The average Bonchev–Trinajstić information content (AvgIpc) is 2.89. The second-order valence-corrected chi connectivity index (χ2v) is 6.11. The summed E-state index contributed by atoms with van der Waals surface area (Å²) in [7, 11) is 1.64. The maximum absolute atomic E-state index is 12.2. The normalized spacial score (nSPS) is 11.9.